The van der Waals surface area contributed by atoms with E-state index in [1.807, 2.05) is 25.1 Å². The Labute approximate surface area is 167 Å². The predicted molar refractivity (Wildman–Crippen MR) is 108 cm³/mol. The van der Waals surface area contributed by atoms with Gasteiger partial charge in [-0.1, -0.05) is 23.4 Å². The van der Waals surface area contributed by atoms with Crippen LogP contribution in [0.3, 0.4) is 0 Å². The number of rotatable bonds is 7. The fraction of sp³-hybridized carbons (Fsp3) is 0.176. The van der Waals surface area contributed by atoms with Gasteiger partial charge in [0.2, 0.25) is 5.91 Å². The third-order valence-electron chi connectivity index (χ3n) is 3.41. The molecule has 3 rings (SSSR count). The summed E-state index contributed by atoms with van der Waals surface area (Å²) in [6.07, 6.45) is 0. The Bertz CT molecular complexity index is 1010. The molecule has 1 aromatic heterocycles. The van der Waals surface area contributed by atoms with Crippen molar-refractivity contribution in [3.8, 4) is 5.75 Å². The minimum Gasteiger partial charge on any atom is -0.494 e. The molecule has 3 aromatic rings. The monoisotopic (exact) mass is 423 g/mol. The van der Waals surface area contributed by atoms with Gasteiger partial charge in [0.1, 0.15) is 5.75 Å². The number of amides is 1. The minimum atomic E-state index is -0.543. The quantitative estimate of drug-likeness (QED) is 0.327. The zero-order valence-electron chi connectivity index (χ0n) is 14.1. The van der Waals surface area contributed by atoms with Gasteiger partial charge in [0.25, 0.3) is 5.69 Å². The van der Waals surface area contributed by atoms with Crippen LogP contribution in [-0.2, 0) is 4.79 Å². The van der Waals surface area contributed by atoms with Crippen LogP contribution in [0.5, 0.6) is 5.75 Å². The van der Waals surface area contributed by atoms with Gasteiger partial charge in [0.05, 0.1) is 38.2 Å². The second kappa shape index (κ2) is 8.55. The molecule has 0 atom stereocenters. The lowest BCUT2D eigenvalue weighted by Gasteiger charge is -2.06. The van der Waals surface area contributed by atoms with Crippen molar-refractivity contribution in [1.82, 2.24) is 4.98 Å². The van der Waals surface area contributed by atoms with Crippen LogP contribution in [0, 0.1) is 10.1 Å². The normalized spacial score (nSPS) is 10.7. The SMILES string of the molecule is CCOc1ccc2nc(SCC(=O)Nc3cc([N+](=O)[O-])ccc3Cl)sc2c1. The first-order valence-corrected chi connectivity index (χ1v) is 10.0. The van der Waals surface area contributed by atoms with Crippen molar-refractivity contribution in [2.24, 2.45) is 0 Å². The fourth-order valence-electron chi connectivity index (χ4n) is 2.24. The van der Waals surface area contributed by atoms with E-state index in [0.29, 0.717) is 6.61 Å². The maximum atomic E-state index is 12.2. The average molecular weight is 424 g/mol. The molecule has 0 spiro atoms. The number of fused-ring (bicyclic) bond motifs is 1. The first kappa shape index (κ1) is 19.4. The molecule has 0 aliphatic carbocycles. The van der Waals surface area contributed by atoms with Crippen LogP contribution in [0.15, 0.2) is 40.7 Å². The minimum absolute atomic E-state index is 0.108. The molecule has 1 N–H and O–H groups in total. The Balaban J connectivity index is 1.64. The van der Waals surface area contributed by atoms with Gasteiger partial charge >= 0.3 is 0 Å². The highest BCUT2D eigenvalue weighted by atomic mass is 35.5. The molecule has 0 saturated carbocycles. The van der Waals surface area contributed by atoms with E-state index in [2.05, 4.69) is 10.3 Å². The summed E-state index contributed by atoms with van der Waals surface area (Å²) < 4.78 is 7.20. The third-order valence-corrected chi connectivity index (χ3v) is 5.90. The van der Waals surface area contributed by atoms with E-state index in [1.165, 1.54) is 41.3 Å². The highest BCUT2D eigenvalue weighted by Gasteiger charge is 2.13. The molecule has 10 heteroatoms. The molecule has 0 unspecified atom stereocenters. The van der Waals surface area contributed by atoms with Crippen molar-refractivity contribution < 1.29 is 14.5 Å². The Morgan fingerprint density at radius 1 is 1.37 bits per heavy atom. The van der Waals surface area contributed by atoms with Crippen LogP contribution >= 0.6 is 34.7 Å². The highest BCUT2D eigenvalue weighted by molar-refractivity contribution is 8.01. The highest BCUT2D eigenvalue weighted by Crippen LogP contribution is 2.32. The topological polar surface area (TPSA) is 94.4 Å². The molecule has 0 saturated heterocycles. The van der Waals surface area contributed by atoms with Crippen molar-refractivity contribution in [1.29, 1.82) is 0 Å². The first-order valence-electron chi connectivity index (χ1n) is 7.86. The first-order chi connectivity index (χ1) is 13.0. The van der Waals surface area contributed by atoms with Gasteiger partial charge in [-0.25, -0.2) is 4.98 Å². The Morgan fingerprint density at radius 3 is 2.93 bits per heavy atom. The smallest absolute Gasteiger partial charge is 0.271 e. The molecular formula is C17H14ClN3O4S2. The number of nitrogens with zero attached hydrogens (tertiary/aromatic N) is 2. The van der Waals surface area contributed by atoms with Crippen molar-refractivity contribution in [3.63, 3.8) is 0 Å². The average Bonchev–Trinajstić information content (AvgIpc) is 3.04. The zero-order valence-corrected chi connectivity index (χ0v) is 16.5. The van der Waals surface area contributed by atoms with Crippen molar-refractivity contribution in [3.05, 3.63) is 51.5 Å². The van der Waals surface area contributed by atoms with E-state index < -0.39 is 4.92 Å². The molecule has 1 amide bonds. The molecule has 0 aliphatic rings. The van der Waals surface area contributed by atoms with Gasteiger partial charge in [-0.2, -0.15) is 0 Å². The summed E-state index contributed by atoms with van der Waals surface area (Å²) >= 11 is 8.75. The Kier molecular flexibility index (Phi) is 6.15. The molecule has 140 valence electrons. The van der Waals surface area contributed by atoms with Crippen molar-refractivity contribution in [2.45, 2.75) is 11.3 Å². The van der Waals surface area contributed by atoms with Crippen LogP contribution in [0.2, 0.25) is 5.02 Å². The number of thioether (sulfide) groups is 1. The number of thiazole rings is 1. The lowest BCUT2D eigenvalue weighted by Crippen LogP contribution is -2.14. The number of carbonyl (C=O) groups excluding carboxylic acids is 1. The summed E-state index contributed by atoms with van der Waals surface area (Å²) in [5.74, 6) is 0.567. The number of anilines is 1. The van der Waals surface area contributed by atoms with Crippen LogP contribution in [-0.4, -0.2) is 28.2 Å². The fourth-order valence-corrected chi connectivity index (χ4v) is 4.30. The van der Waals surface area contributed by atoms with E-state index in [1.54, 1.807) is 0 Å². The summed E-state index contributed by atoms with van der Waals surface area (Å²) in [6.45, 7) is 2.51. The summed E-state index contributed by atoms with van der Waals surface area (Å²) in [5, 5.41) is 13.7. The van der Waals surface area contributed by atoms with E-state index in [0.717, 1.165) is 20.3 Å². The summed E-state index contributed by atoms with van der Waals surface area (Å²) in [4.78, 5) is 26.9. The Morgan fingerprint density at radius 2 is 2.19 bits per heavy atom. The molecule has 0 aliphatic heterocycles. The van der Waals surface area contributed by atoms with Gasteiger partial charge in [-0.05, 0) is 31.2 Å². The number of nitrogens with one attached hydrogen (secondary N) is 1. The lowest BCUT2D eigenvalue weighted by molar-refractivity contribution is -0.384. The number of nitro benzene ring substituents is 1. The number of benzene rings is 2. The number of nitro groups is 1. The maximum absolute atomic E-state index is 12.2. The van der Waals surface area contributed by atoms with Crippen molar-refractivity contribution in [2.75, 3.05) is 17.7 Å². The molecule has 0 fully saturated rings. The van der Waals surface area contributed by atoms with E-state index in [4.69, 9.17) is 16.3 Å². The van der Waals surface area contributed by atoms with Gasteiger partial charge in [-0.3, -0.25) is 14.9 Å². The maximum Gasteiger partial charge on any atom is 0.271 e. The largest absolute Gasteiger partial charge is 0.494 e. The molecule has 27 heavy (non-hydrogen) atoms. The van der Waals surface area contributed by atoms with Gasteiger partial charge < -0.3 is 10.1 Å². The predicted octanol–water partition coefficient (Wildman–Crippen LogP) is 4.99. The zero-order chi connectivity index (χ0) is 19.4. The summed E-state index contributed by atoms with van der Waals surface area (Å²) in [7, 11) is 0. The lowest BCUT2D eigenvalue weighted by atomic mass is 10.3. The van der Waals surface area contributed by atoms with Crippen LogP contribution in [0.1, 0.15) is 6.92 Å². The summed E-state index contributed by atoms with van der Waals surface area (Å²) in [5.41, 5.74) is 0.911. The van der Waals surface area contributed by atoms with Gasteiger partial charge in [0.15, 0.2) is 4.34 Å². The standard InChI is InChI=1S/C17H14ClN3O4S2/c1-2-25-11-4-6-13-15(8-11)27-17(20-13)26-9-16(22)19-14-7-10(21(23)24)3-5-12(14)18/h3-8H,2,9H2,1H3,(H,19,22). The van der Waals surface area contributed by atoms with E-state index in [9.17, 15) is 14.9 Å². The van der Waals surface area contributed by atoms with Crippen molar-refractivity contribution >= 4 is 62.2 Å². The second-order valence-corrected chi connectivity index (χ2v) is 7.96. The molecular weight excluding hydrogens is 410 g/mol. The second-order valence-electron chi connectivity index (χ2n) is 5.30. The number of hydrogen-bond donors (Lipinski definition) is 1. The number of non-ortho nitro benzene ring substituents is 1. The molecule has 7 nitrogen and oxygen atoms in total. The summed E-state index contributed by atoms with van der Waals surface area (Å²) in [6, 6.07) is 9.55. The molecule has 0 radical (unpaired) electrons. The number of hydrogen-bond acceptors (Lipinski definition) is 7. The molecule has 0 bridgehead atoms. The number of ether oxygens (including phenoxy) is 1. The number of carbonyl (C=O) groups is 1. The van der Waals surface area contributed by atoms with Gasteiger partial charge in [-0.15, -0.1) is 11.3 Å². The molecule has 1 heterocycles. The van der Waals surface area contributed by atoms with Crippen LogP contribution < -0.4 is 10.1 Å². The number of halogens is 1. The van der Waals surface area contributed by atoms with E-state index >= 15 is 0 Å². The van der Waals surface area contributed by atoms with Gasteiger partial charge in [0, 0.05) is 12.1 Å². The van der Waals surface area contributed by atoms with Crippen LogP contribution in [0.4, 0.5) is 11.4 Å². The van der Waals surface area contributed by atoms with Crippen LogP contribution in [0.25, 0.3) is 10.2 Å². The third kappa shape index (κ3) is 4.88. The Hall–Kier alpha value is -2.36. The number of aromatic nitrogens is 1. The molecule has 2 aromatic carbocycles. The van der Waals surface area contributed by atoms with E-state index in [-0.39, 0.29) is 28.1 Å².